The Labute approximate surface area is 86.3 Å². The SMILES string of the molecule is Br.Br.NCCCSC(N)=[NH2+]. The van der Waals surface area contributed by atoms with E-state index in [9.17, 15) is 0 Å². The lowest BCUT2D eigenvalue weighted by atomic mass is 10.5. The van der Waals surface area contributed by atoms with Gasteiger partial charge in [0.15, 0.2) is 0 Å². The van der Waals surface area contributed by atoms with Crippen molar-refractivity contribution < 1.29 is 5.41 Å². The van der Waals surface area contributed by atoms with Crippen molar-refractivity contribution in [3.8, 4) is 0 Å². The van der Waals surface area contributed by atoms with Gasteiger partial charge in [-0.15, -0.1) is 34.0 Å². The summed E-state index contributed by atoms with van der Waals surface area (Å²) in [6.45, 7) is 0.709. The largest absolute Gasteiger partial charge is 0.330 e. The van der Waals surface area contributed by atoms with Crippen molar-refractivity contribution in [2.24, 2.45) is 11.5 Å². The highest BCUT2D eigenvalue weighted by Crippen LogP contribution is 1.95. The van der Waals surface area contributed by atoms with Crippen molar-refractivity contribution in [3.63, 3.8) is 0 Å². The smallest absolute Gasteiger partial charge is 0.299 e. The molecule has 0 aromatic heterocycles. The summed E-state index contributed by atoms with van der Waals surface area (Å²) < 4.78 is 0. The van der Waals surface area contributed by atoms with Gasteiger partial charge in [0, 0.05) is 5.75 Å². The minimum Gasteiger partial charge on any atom is -0.330 e. The first kappa shape index (κ1) is 17.0. The number of rotatable bonds is 3. The predicted molar refractivity (Wildman–Crippen MR) is 57.9 cm³/mol. The van der Waals surface area contributed by atoms with E-state index in [0.29, 0.717) is 11.7 Å². The second-order valence-electron chi connectivity index (χ2n) is 1.39. The van der Waals surface area contributed by atoms with Crippen molar-refractivity contribution >= 4 is 50.9 Å². The van der Waals surface area contributed by atoms with Crippen molar-refractivity contribution in [3.05, 3.63) is 0 Å². The molecule has 0 unspecified atom stereocenters. The average Bonchev–Trinajstić information content (AvgIpc) is 1.66. The fourth-order valence-electron chi connectivity index (χ4n) is 0.273. The molecule has 6 N–H and O–H groups in total. The monoisotopic (exact) mass is 294 g/mol. The summed E-state index contributed by atoms with van der Waals surface area (Å²) in [4.78, 5) is 0. The van der Waals surface area contributed by atoms with E-state index in [-0.39, 0.29) is 34.0 Å². The molecule has 0 fully saturated rings. The fraction of sp³-hybridized carbons (Fsp3) is 0.750. The zero-order chi connectivity index (χ0) is 6.41. The molecule has 0 aliphatic heterocycles. The Hall–Kier alpha value is 0.740. The number of hydrogen-bond donors (Lipinski definition) is 3. The van der Waals surface area contributed by atoms with E-state index in [4.69, 9.17) is 16.9 Å². The van der Waals surface area contributed by atoms with Crippen LogP contribution >= 0.6 is 45.7 Å². The Bertz CT molecular complexity index is 80.9. The first-order chi connectivity index (χ1) is 3.77. The van der Waals surface area contributed by atoms with Crippen LogP contribution in [0.5, 0.6) is 0 Å². The van der Waals surface area contributed by atoms with Crippen molar-refractivity contribution in [1.29, 1.82) is 0 Å². The molecule has 0 bridgehead atoms. The standard InChI is InChI=1S/C4H11N3S.2BrH/c5-2-1-3-8-4(6)7;;/h1-3,5H2,(H3,6,7);2*1H/p+1. The van der Waals surface area contributed by atoms with Gasteiger partial charge >= 0.3 is 0 Å². The van der Waals surface area contributed by atoms with Gasteiger partial charge in [0.2, 0.25) is 0 Å². The molecule has 0 aliphatic carbocycles. The second kappa shape index (κ2) is 12.4. The first-order valence-corrected chi connectivity index (χ1v) is 3.46. The van der Waals surface area contributed by atoms with Crippen LogP contribution in [-0.2, 0) is 0 Å². The summed E-state index contributed by atoms with van der Waals surface area (Å²) in [7, 11) is 0. The Kier molecular flexibility index (Phi) is 21.1. The molecule has 64 valence electrons. The van der Waals surface area contributed by atoms with Gasteiger partial charge in [-0.2, -0.15) is 0 Å². The normalized spacial score (nSPS) is 7.30. The summed E-state index contributed by atoms with van der Waals surface area (Å²) in [6, 6.07) is 0. The molecule has 10 heavy (non-hydrogen) atoms. The molecule has 0 rings (SSSR count). The van der Waals surface area contributed by atoms with Crippen LogP contribution in [0.3, 0.4) is 0 Å². The van der Waals surface area contributed by atoms with Crippen LogP contribution in [-0.4, -0.2) is 17.5 Å². The van der Waals surface area contributed by atoms with E-state index in [1.54, 1.807) is 0 Å². The summed E-state index contributed by atoms with van der Waals surface area (Å²) in [6.07, 6.45) is 0.975. The van der Waals surface area contributed by atoms with Gasteiger partial charge in [0.25, 0.3) is 5.17 Å². The van der Waals surface area contributed by atoms with Crippen molar-refractivity contribution in [1.82, 2.24) is 0 Å². The molecule has 0 aromatic carbocycles. The third-order valence-corrected chi connectivity index (χ3v) is 1.44. The van der Waals surface area contributed by atoms with Gasteiger partial charge in [-0.1, -0.05) is 0 Å². The molecule has 0 aliphatic rings. The summed E-state index contributed by atoms with van der Waals surface area (Å²) >= 11 is 1.45. The van der Waals surface area contributed by atoms with Crippen molar-refractivity contribution in [2.45, 2.75) is 6.42 Å². The van der Waals surface area contributed by atoms with Gasteiger partial charge in [-0.3, -0.25) is 11.1 Å². The zero-order valence-corrected chi connectivity index (χ0v) is 9.82. The lowest BCUT2D eigenvalue weighted by Gasteiger charge is -1.89. The molecule has 3 nitrogen and oxygen atoms in total. The third kappa shape index (κ3) is 15.9. The molecule has 0 radical (unpaired) electrons. The predicted octanol–water partition coefficient (Wildman–Crippen LogP) is -0.702. The van der Waals surface area contributed by atoms with Crippen LogP contribution in [0, 0.1) is 0 Å². The number of hydrogen-bond acceptors (Lipinski definition) is 2. The van der Waals surface area contributed by atoms with Gasteiger partial charge < -0.3 is 5.73 Å². The van der Waals surface area contributed by atoms with Gasteiger partial charge in [-0.25, -0.2) is 0 Å². The van der Waals surface area contributed by atoms with E-state index in [1.165, 1.54) is 11.8 Å². The highest BCUT2D eigenvalue weighted by atomic mass is 79.9. The van der Waals surface area contributed by atoms with Crippen LogP contribution in [0.15, 0.2) is 0 Å². The van der Waals surface area contributed by atoms with Gasteiger partial charge in [-0.05, 0) is 24.7 Å². The minimum absolute atomic E-state index is 0. The molecule has 0 amide bonds. The number of halogens is 2. The quantitative estimate of drug-likeness (QED) is 0.366. The third-order valence-electron chi connectivity index (χ3n) is 0.617. The minimum atomic E-state index is 0. The number of nitrogens with two attached hydrogens (primary N) is 3. The number of thioether (sulfide) groups is 1. The van der Waals surface area contributed by atoms with E-state index < -0.39 is 0 Å². The van der Waals surface area contributed by atoms with Gasteiger partial charge in [0.1, 0.15) is 0 Å². The Morgan fingerprint density at radius 1 is 1.40 bits per heavy atom. The van der Waals surface area contributed by atoms with E-state index in [0.717, 1.165) is 12.2 Å². The molecule has 0 aromatic rings. The maximum atomic E-state index is 5.21. The number of amidine groups is 1. The molecular formula is C4H14Br2N3S+. The van der Waals surface area contributed by atoms with Crippen molar-refractivity contribution in [2.75, 3.05) is 12.3 Å². The molecule has 0 spiro atoms. The zero-order valence-electron chi connectivity index (χ0n) is 5.58. The highest BCUT2D eigenvalue weighted by Gasteiger charge is 1.92. The Morgan fingerprint density at radius 2 is 1.90 bits per heavy atom. The van der Waals surface area contributed by atoms with Crippen LogP contribution < -0.4 is 16.9 Å². The summed E-state index contributed by atoms with van der Waals surface area (Å²) in [5.74, 6) is 0.929. The first-order valence-electron chi connectivity index (χ1n) is 2.48. The lowest BCUT2D eigenvalue weighted by molar-refractivity contribution is -0.110. The summed E-state index contributed by atoms with van der Waals surface area (Å²) in [5, 5.41) is 5.58. The van der Waals surface area contributed by atoms with E-state index in [1.807, 2.05) is 0 Å². The molecular weight excluding hydrogens is 282 g/mol. The Balaban J connectivity index is -0.000000245. The highest BCUT2D eigenvalue weighted by molar-refractivity contribution is 8.93. The lowest BCUT2D eigenvalue weighted by Crippen LogP contribution is -2.43. The average molecular weight is 296 g/mol. The molecule has 0 heterocycles. The van der Waals surface area contributed by atoms with Crippen LogP contribution in [0.25, 0.3) is 0 Å². The second-order valence-corrected chi connectivity index (χ2v) is 2.56. The van der Waals surface area contributed by atoms with E-state index in [2.05, 4.69) is 0 Å². The van der Waals surface area contributed by atoms with Crippen LogP contribution in [0.4, 0.5) is 0 Å². The van der Waals surface area contributed by atoms with Gasteiger partial charge in [0.05, 0.1) is 0 Å². The summed E-state index contributed by atoms with van der Waals surface area (Å²) in [5.41, 5.74) is 10.4. The Morgan fingerprint density at radius 3 is 2.20 bits per heavy atom. The van der Waals surface area contributed by atoms with Crippen LogP contribution in [0.2, 0.25) is 0 Å². The van der Waals surface area contributed by atoms with E-state index >= 15 is 0 Å². The topological polar surface area (TPSA) is 77.6 Å². The molecule has 6 heteroatoms. The maximum absolute atomic E-state index is 5.21. The fourth-order valence-corrected chi connectivity index (χ4v) is 0.820. The van der Waals surface area contributed by atoms with Crippen LogP contribution in [0.1, 0.15) is 6.42 Å². The maximum Gasteiger partial charge on any atom is 0.299 e. The molecule has 0 saturated heterocycles. The molecule has 0 saturated carbocycles. The molecule has 0 atom stereocenters.